The Morgan fingerprint density at radius 2 is 2.00 bits per heavy atom. The van der Waals surface area contributed by atoms with Crippen molar-refractivity contribution in [3.8, 4) is 0 Å². The van der Waals surface area contributed by atoms with Gasteiger partial charge < -0.3 is 0 Å². The second kappa shape index (κ2) is 4.32. The maximum absolute atomic E-state index is 4.00. The van der Waals surface area contributed by atoms with E-state index in [1.807, 2.05) is 6.92 Å². The zero-order valence-electron chi connectivity index (χ0n) is 6.52. The van der Waals surface area contributed by atoms with Crippen molar-refractivity contribution < 1.29 is 0 Å². The summed E-state index contributed by atoms with van der Waals surface area (Å²) in [6, 6.07) is 0. The van der Waals surface area contributed by atoms with Crippen LogP contribution in [0.4, 0.5) is 0 Å². The molecule has 0 aliphatic carbocycles. The third-order valence-corrected chi connectivity index (χ3v) is 1.18. The minimum Gasteiger partial charge on any atom is -0.243 e. The van der Waals surface area contributed by atoms with Crippen molar-refractivity contribution in [3.63, 3.8) is 0 Å². The minimum atomic E-state index is 0.519. The summed E-state index contributed by atoms with van der Waals surface area (Å²) in [7, 11) is 1.79. The highest BCUT2D eigenvalue weighted by Crippen LogP contribution is 1.93. The summed E-state index contributed by atoms with van der Waals surface area (Å²) in [5.41, 5.74) is 6.48. The molecular weight excluding hydrogens is 114 g/mol. The Morgan fingerprint density at radius 3 is 2.33 bits per heavy atom. The predicted octanol–water partition coefficient (Wildman–Crippen LogP) is 0.742. The summed E-state index contributed by atoms with van der Waals surface area (Å²) in [6.45, 7) is 6.21. The molecule has 0 atom stereocenters. The number of hydrogen-bond acceptors (Lipinski definition) is 3. The molecule has 0 radical (unpaired) electrons. The third kappa shape index (κ3) is 3.97. The van der Waals surface area contributed by atoms with Gasteiger partial charge in [0.05, 0.1) is 0 Å². The predicted molar refractivity (Wildman–Crippen MR) is 40.1 cm³/mol. The summed E-state index contributed by atoms with van der Waals surface area (Å²) in [5.74, 6) is 0.519. The van der Waals surface area contributed by atoms with Gasteiger partial charge in [-0.05, 0) is 12.8 Å². The normalized spacial score (nSPS) is 12.3. The van der Waals surface area contributed by atoms with Crippen LogP contribution in [0.15, 0.2) is 5.10 Å². The Morgan fingerprint density at radius 1 is 1.44 bits per heavy atom. The molecule has 0 aromatic carbocycles. The topological polar surface area (TPSA) is 36.4 Å². The van der Waals surface area contributed by atoms with Gasteiger partial charge in [0.25, 0.3) is 0 Å². The zero-order valence-corrected chi connectivity index (χ0v) is 6.52. The van der Waals surface area contributed by atoms with Crippen LogP contribution in [-0.4, -0.2) is 12.8 Å². The van der Waals surface area contributed by atoms with Crippen LogP contribution in [-0.2, 0) is 0 Å². The maximum atomic E-state index is 4.00. The number of nitrogens with one attached hydrogen (secondary N) is 2. The molecule has 0 saturated carbocycles. The lowest BCUT2D eigenvalue weighted by Gasteiger charge is -2.03. The lowest BCUT2D eigenvalue weighted by molar-refractivity contribution is 0.624. The average molecular weight is 129 g/mol. The minimum absolute atomic E-state index is 0.519. The van der Waals surface area contributed by atoms with Crippen LogP contribution >= 0.6 is 0 Å². The molecule has 2 N–H and O–H groups in total. The van der Waals surface area contributed by atoms with Crippen LogP contribution in [0.25, 0.3) is 0 Å². The largest absolute Gasteiger partial charge is 0.243 e. The Kier molecular flexibility index (Phi) is 4.05. The molecule has 0 rings (SSSR count). The molecule has 0 aromatic heterocycles. The molecule has 0 heterocycles. The van der Waals surface area contributed by atoms with E-state index < -0.39 is 0 Å². The summed E-state index contributed by atoms with van der Waals surface area (Å²) >= 11 is 0. The number of rotatable bonds is 3. The first-order valence-corrected chi connectivity index (χ1v) is 3.14. The van der Waals surface area contributed by atoms with Crippen LogP contribution in [0.5, 0.6) is 0 Å². The lowest BCUT2D eigenvalue weighted by Crippen LogP contribution is -2.23. The van der Waals surface area contributed by atoms with Gasteiger partial charge in [-0.1, -0.05) is 13.8 Å². The van der Waals surface area contributed by atoms with Gasteiger partial charge in [0.15, 0.2) is 0 Å². The van der Waals surface area contributed by atoms with Crippen LogP contribution in [0.2, 0.25) is 0 Å². The molecule has 9 heavy (non-hydrogen) atoms. The molecule has 3 nitrogen and oxygen atoms in total. The number of hydrazone groups is 1. The van der Waals surface area contributed by atoms with Gasteiger partial charge in [-0.3, -0.25) is 0 Å². The molecule has 0 amide bonds. The van der Waals surface area contributed by atoms with E-state index in [-0.39, 0.29) is 0 Å². The van der Waals surface area contributed by atoms with E-state index in [0.29, 0.717) is 5.92 Å². The fourth-order valence-electron chi connectivity index (χ4n) is 0.273. The molecule has 3 heteroatoms. The molecule has 0 aromatic rings. The van der Waals surface area contributed by atoms with Gasteiger partial charge >= 0.3 is 0 Å². The van der Waals surface area contributed by atoms with Crippen LogP contribution < -0.4 is 11.0 Å². The monoisotopic (exact) mass is 129 g/mol. The summed E-state index contributed by atoms with van der Waals surface area (Å²) < 4.78 is 0. The maximum Gasteiger partial charge on any atom is 0.0388 e. The standard InChI is InChI=1S/C6H15N3/c1-5(2)6(3)8-9-7-4/h5,7,9H,1-4H3/b8-6-. The molecule has 54 valence electrons. The molecule has 0 fully saturated rings. The molecular formula is C6H15N3. The molecule has 0 unspecified atom stereocenters. The fraction of sp³-hybridized carbons (Fsp3) is 0.833. The van der Waals surface area contributed by atoms with Gasteiger partial charge in [-0.2, -0.15) is 5.10 Å². The van der Waals surface area contributed by atoms with Crippen molar-refractivity contribution in [2.45, 2.75) is 20.8 Å². The summed E-state index contributed by atoms with van der Waals surface area (Å²) in [5, 5.41) is 4.00. The molecule has 0 saturated heterocycles. The highest BCUT2D eigenvalue weighted by atomic mass is 15.5. The zero-order chi connectivity index (χ0) is 7.28. The van der Waals surface area contributed by atoms with Crippen molar-refractivity contribution in [2.75, 3.05) is 7.05 Å². The Labute approximate surface area is 56.5 Å². The second-order valence-corrected chi connectivity index (χ2v) is 2.27. The molecule has 0 bridgehead atoms. The van der Waals surface area contributed by atoms with E-state index >= 15 is 0 Å². The number of hydrazine groups is 1. The van der Waals surface area contributed by atoms with Crippen molar-refractivity contribution in [1.82, 2.24) is 11.0 Å². The van der Waals surface area contributed by atoms with Gasteiger partial charge in [-0.25, -0.2) is 11.0 Å². The third-order valence-electron chi connectivity index (χ3n) is 1.18. The van der Waals surface area contributed by atoms with Crippen molar-refractivity contribution in [1.29, 1.82) is 0 Å². The number of hydrogen-bond donors (Lipinski definition) is 2. The van der Waals surface area contributed by atoms with E-state index in [1.165, 1.54) is 0 Å². The van der Waals surface area contributed by atoms with Gasteiger partial charge in [0, 0.05) is 12.8 Å². The van der Waals surface area contributed by atoms with Crippen LogP contribution in [0.3, 0.4) is 0 Å². The highest BCUT2D eigenvalue weighted by molar-refractivity contribution is 5.83. The first-order valence-electron chi connectivity index (χ1n) is 3.14. The van der Waals surface area contributed by atoms with Gasteiger partial charge in [0.2, 0.25) is 0 Å². The highest BCUT2D eigenvalue weighted by Gasteiger charge is 1.94. The quantitative estimate of drug-likeness (QED) is 0.435. The summed E-state index contributed by atoms with van der Waals surface area (Å²) in [4.78, 5) is 0. The van der Waals surface area contributed by atoms with E-state index in [9.17, 15) is 0 Å². The van der Waals surface area contributed by atoms with Crippen molar-refractivity contribution >= 4 is 5.71 Å². The Hall–Kier alpha value is -0.570. The Bertz CT molecular complexity index is 96.5. The van der Waals surface area contributed by atoms with Gasteiger partial charge in [-0.15, -0.1) is 0 Å². The van der Waals surface area contributed by atoms with Crippen LogP contribution in [0, 0.1) is 5.92 Å². The lowest BCUT2D eigenvalue weighted by atomic mass is 10.1. The first kappa shape index (κ1) is 8.43. The van der Waals surface area contributed by atoms with E-state index in [0.717, 1.165) is 5.71 Å². The molecule has 0 spiro atoms. The smallest absolute Gasteiger partial charge is 0.0388 e. The molecule has 0 aliphatic rings. The molecule has 0 aliphatic heterocycles. The van der Waals surface area contributed by atoms with Crippen molar-refractivity contribution in [3.05, 3.63) is 0 Å². The second-order valence-electron chi connectivity index (χ2n) is 2.27. The van der Waals surface area contributed by atoms with Crippen molar-refractivity contribution in [2.24, 2.45) is 11.0 Å². The van der Waals surface area contributed by atoms with E-state index in [4.69, 9.17) is 0 Å². The fourth-order valence-corrected chi connectivity index (χ4v) is 0.273. The SMILES string of the molecule is CNN/N=C(/C)C(C)C. The summed E-state index contributed by atoms with van der Waals surface area (Å²) in [6.07, 6.45) is 0. The van der Waals surface area contributed by atoms with E-state index in [2.05, 4.69) is 29.9 Å². The van der Waals surface area contributed by atoms with Crippen LogP contribution in [0.1, 0.15) is 20.8 Å². The average Bonchev–Trinajstić information content (AvgIpc) is 1.82. The first-order chi connectivity index (χ1) is 4.18. The van der Waals surface area contributed by atoms with Gasteiger partial charge in [0.1, 0.15) is 0 Å². The number of nitrogens with zero attached hydrogens (tertiary/aromatic N) is 1. The van der Waals surface area contributed by atoms with E-state index in [1.54, 1.807) is 7.05 Å². The Balaban J connectivity index is 3.55.